The first kappa shape index (κ1) is 16.9. The summed E-state index contributed by atoms with van der Waals surface area (Å²) in [5, 5.41) is 14.0. The van der Waals surface area contributed by atoms with Crippen LogP contribution in [0.15, 0.2) is 0 Å². The van der Waals surface area contributed by atoms with Crippen molar-refractivity contribution in [3.8, 4) is 0 Å². The van der Waals surface area contributed by atoms with Crippen LogP contribution in [0.1, 0.15) is 40.5 Å². The quantitative estimate of drug-likeness (QED) is 0.600. The lowest BCUT2D eigenvalue weighted by Crippen LogP contribution is -2.54. The van der Waals surface area contributed by atoms with Gasteiger partial charge >= 0.3 is 12.0 Å². The molecule has 118 valence electrons. The number of urea groups is 1. The largest absolute Gasteiger partial charge is 0.480 e. The summed E-state index contributed by atoms with van der Waals surface area (Å²) in [5.41, 5.74) is -2.44. The van der Waals surface area contributed by atoms with Gasteiger partial charge in [-0.3, -0.25) is 14.5 Å². The average Bonchev–Trinajstić information content (AvgIpc) is 2.62. The van der Waals surface area contributed by atoms with Crippen LogP contribution in [0, 0.1) is 0 Å². The molecule has 0 spiro atoms. The van der Waals surface area contributed by atoms with Gasteiger partial charge in [0.15, 0.2) is 0 Å². The van der Waals surface area contributed by atoms with Gasteiger partial charge in [-0.25, -0.2) is 9.59 Å². The fourth-order valence-electron chi connectivity index (χ4n) is 1.91. The van der Waals surface area contributed by atoms with Crippen molar-refractivity contribution < 1.29 is 24.3 Å². The molecule has 1 rings (SSSR count). The van der Waals surface area contributed by atoms with Crippen LogP contribution in [0.4, 0.5) is 4.79 Å². The number of aliphatic carboxylic acids is 1. The second-order valence-electron chi connectivity index (χ2n) is 5.55. The minimum atomic E-state index is -1.43. The number of hydrogen-bond acceptors (Lipinski definition) is 4. The second-order valence-corrected chi connectivity index (χ2v) is 5.55. The van der Waals surface area contributed by atoms with E-state index in [9.17, 15) is 19.2 Å². The van der Waals surface area contributed by atoms with Crippen molar-refractivity contribution in [3.05, 3.63) is 0 Å². The monoisotopic (exact) mass is 299 g/mol. The smallest absolute Gasteiger partial charge is 0.329 e. The van der Waals surface area contributed by atoms with Gasteiger partial charge in [-0.2, -0.15) is 0 Å². The molecule has 0 bridgehead atoms. The highest BCUT2D eigenvalue weighted by molar-refractivity contribution is 6.08. The van der Waals surface area contributed by atoms with Crippen LogP contribution in [0.25, 0.3) is 0 Å². The summed E-state index contributed by atoms with van der Waals surface area (Å²) >= 11 is 0. The van der Waals surface area contributed by atoms with Crippen molar-refractivity contribution in [1.82, 2.24) is 15.5 Å². The number of nitrogens with zero attached hydrogens (tertiary/aromatic N) is 1. The number of hydrogen-bond donors (Lipinski definition) is 3. The highest BCUT2D eigenvalue weighted by Crippen LogP contribution is 2.20. The lowest BCUT2D eigenvalue weighted by Gasteiger charge is -2.25. The fraction of sp³-hybridized carbons (Fsp3) is 0.692. The van der Waals surface area contributed by atoms with Gasteiger partial charge in [0.2, 0.25) is 5.91 Å². The third-order valence-electron chi connectivity index (χ3n) is 3.95. The Kier molecular flexibility index (Phi) is 4.60. The molecular weight excluding hydrogens is 278 g/mol. The lowest BCUT2D eigenvalue weighted by atomic mass is 9.99. The molecule has 3 N–H and O–H groups in total. The van der Waals surface area contributed by atoms with Crippen molar-refractivity contribution in [3.63, 3.8) is 0 Å². The van der Waals surface area contributed by atoms with Gasteiger partial charge in [0.1, 0.15) is 17.6 Å². The molecule has 1 saturated heterocycles. The number of rotatable bonds is 6. The third kappa shape index (κ3) is 3.14. The first-order valence-electron chi connectivity index (χ1n) is 6.78. The fourth-order valence-corrected chi connectivity index (χ4v) is 1.91. The normalized spacial score (nSPS) is 24.5. The number of carboxylic acids is 1. The van der Waals surface area contributed by atoms with Crippen LogP contribution in [0.2, 0.25) is 0 Å². The summed E-state index contributed by atoms with van der Waals surface area (Å²) in [6, 6.07) is -0.645. The van der Waals surface area contributed by atoms with E-state index in [0.717, 1.165) is 4.90 Å². The molecule has 1 aliphatic heterocycles. The Morgan fingerprint density at radius 1 is 1.38 bits per heavy atom. The first-order chi connectivity index (χ1) is 9.59. The number of imide groups is 1. The van der Waals surface area contributed by atoms with E-state index in [1.54, 1.807) is 20.8 Å². The van der Waals surface area contributed by atoms with E-state index in [4.69, 9.17) is 5.11 Å². The lowest BCUT2D eigenvalue weighted by molar-refractivity contribution is -0.147. The van der Waals surface area contributed by atoms with Crippen LogP contribution in [-0.4, -0.2) is 51.4 Å². The molecule has 1 fully saturated rings. The topological polar surface area (TPSA) is 116 Å². The molecule has 2 unspecified atom stereocenters. The van der Waals surface area contributed by atoms with E-state index in [0.29, 0.717) is 6.42 Å². The first-order valence-corrected chi connectivity index (χ1v) is 6.78. The number of amides is 4. The minimum Gasteiger partial charge on any atom is -0.480 e. The van der Waals surface area contributed by atoms with Crippen molar-refractivity contribution in [2.45, 2.75) is 51.6 Å². The van der Waals surface area contributed by atoms with Gasteiger partial charge < -0.3 is 15.7 Å². The van der Waals surface area contributed by atoms with Gasteiger partial charge in [-0.1, -0.05) is 13.8 Å². The van der Waals surface area contributed by atoms with Crippen molar-refractivity contribution >= 4 is 23.8 Å². The predicted molar refractivity (Wildman–Crippen MR) is 73.4 cm³/mol. The van der Waals surface area contributed by atoms with E-state index < -0.39 is 41.4 Å². The molecule has 0 aromatic heterocycles. The zero-order valence-electron chi connectivity index (χ0n) is 12.6. The van der Waals surface area contributed by atoms with Crippen molar-refractivity contribution in [2.75, 3.05) is 6.54 Å². The molecular formula is C13H21N3O5. The molecule has 0 radical (unpaired) electrons. The Morgan fingerprint density at radius 2 is 1.95 bits per heavy atom. The molecule has 2 atom stereocenters. The Labute approximate surface area is 122 Å². The van der Waals surface area contributed by atoms with Crippen molar-refractivity contribution in [1.29, 1.82) is 0 Å². The van der Waals surface area contributed by atoms with Crippen LogP contribution < -0.4 is 10.6 Å². The number of carboxylic acid groups (broad SMARTS) is 1. The minimum absolute atomic E-state index is 0.181. The molecule has 8 nitrogen and oxygen atoms in total. The van der Waals surface area contributed by atoms with E-state index in [2.05, 4.69) is 10.6 Å². The van der Waals surface area contributed by atoms with E-state index >= 15 is 0 Å². The van der Waals surface area contributed by atoms with Gasteiger partial charge in [0.25, 0.3) is 5.91 Å². The summed E-state index contributed by atoms with van der Waals surface area (Å²) in [4.78, 5) is 47.7. The molecule has 21 heavy (non-hydrogen) atoms. The van der Waals surface area contributed by atoms with E-state index in [1.807, 2.05) is 0 Å². The number of carbonyl (C=O) groups excluding carboxylic acids is 3. The molecule has 0 aromatic rings. The highest BCUT2D eigenvalue weighted by Gasteiger charge is 2.47. The summed E-state index contributed by atoms with van der Waals surface area (Å²) < 4.78 is 0. The zero-order chi connectivity index (χ0) is 16.4. The molecule has 1 aliphatic rings. The summed E-state index contributed by atoms with van der Waals surface area (Å²) in [6.45, 7) is 5.83. The molecule has 0 aliphatic carbocycles. The van der Waals surface area contributed by atoms with Crippen molar-refractivity contribution in [2.24, 2.45) is 0 Å². The second kappa shape index (κ2) is 5.71. The SMILES string of the molecule is CCC(C)(NC(=O)CN1C(=O)NC(C)(CC)C1=O)C(=O)O. The Balaban J connectivity index is 2.78. The Bertz CT molecular complexity index is 492. The maximum Gasteiger partial charge on any atom is 0.329 e. The molecule has 0 aromatic carbocycles. The average molecular weight is 299 g/mol. The van der Waals surface area contributed by atoms with E-state index in [-0.39, 0.29) is 6.42 Å². The highest BCUT2D eigenvalue weighted by atomic mass is 16.4. The summed E-state index contributed by atoms with van der Waals surface area (Å²) in [6.07, 6.45) is 0.582. The van der Waals surface area contributed by atoms with Gasteiger partial charge in [-0.15, -0.1) is 0 Å². The predicted octanol–water partition coefficient (Wildman–Crippen LogP) is 0.0764. The Morgan fingerprint density at radius 3 is 2.33 bits per heavy atom. The molecule has 1 heterocycles. The number of nitrogens with one attached hydrogen (secondary N) is 2. The molecule has 8 heteroatoms. The third-order valence-corrected chi connectivity index (χ3v) is 3.95. The maximum atomic E-state index is 12.1. The summed E-state index contributed by atoms with van der Waals surface area (Å²) in [5.74, 6) is -2.35. The van der Waals surface area contributed by atoms with Crippen LogP contribution >= 0.6 is 0 Å². The van der Waals surface area contributed by atoms with Gasteiger partial charge in [-0.05, 0) is 26.7 Å². The number of carbonyl (C=O) groups is 4. The Hall–Kier alpha value is -2.12. The standard InChI is InChI=1S/C13H21N3O5/c1-5-12(3)9(18)16(11(21)15-12)7-8(17)14-13(4,6-2)10(19)20/h5-7H2,1-4H3,(H,14,17)(H,15,21)(H,19,20). The zero-order valence-corrected chi connectivity index (χ0v) is 12.6. The molecule has 4 amide bonds. The van der Waals surface area contributed by atoms with Crippen LogP contribution in [0.3, 0.4) is 0 Å². The van der Waals surface area contributed by atoms with Crippen LogP contribution in [0.5, 0.6) is 0 Å². The maximum absolute atomic E-state index is 12.1. The molecule has 0 saturated carbocycles. The van der Waals surface area contributed by atoms with Gasteiger partial charge in [0, 0.05) is 0 Å². The van der Waals surface area contributed by atoms with E-state index in [1.165, 1.54) is 6.92 Å². The van der Waals surface area contributed by atoms with Crippen LogP contribution in [-0.2, 0) is 14.4 Å². The van der Waals surface area contributed by atoms with Gasteiger partial charge in [0.05, 0.1) is 0 Å². The summed E-state index contributed by atoms with van der Waals surface area (Å²) in [7, 11) is 0.